The molecule has 0 atom stereocenters. The Labute approximate surface area is 102 Å². The Morgan fingerprint density at radius 3 is 2.53 bits per heavy atom. The minimum Gasteiger partial charge on any atom is -0.469 e. The van der Waals surface area contributed by atoms with Crippen LogP contribution in [-0.4, -0.2) is 50.3 Å². The number of likely N-dealkylation sites (tertiary alicyclic amines) is 1. The van der Waals surface area contributed by atoms with Crippen molar-refractivity contribution in [3.63, 3.8) is 0 Å². The normalized spacial score (nSPS) is 19.6. The maximum absolute atomic E-state index is 10.9. The highest BCUT2D eigenvalue weighted by Crippen LogP contribution is 2.24. The molecule has 1 fully saturated rings. The van der Waals surface area contributed by atoms with Gasteiger partial charge in [0.2, 0.25) is 0 Å². The van der Waals surface area contributed by atoms with Gasteiger partial charge in [0.25, 0.3) is 0 Å². The van der Waals surface area contributed by atoms with Gasteiger partial charge in [-0.25, -0.2) is 0 Å². The Kier molecular flexibility index (Phi) is 5.39. The summed E-state index contributed by atoms with van der Waals surface area (Å²) in [6.07, 6.45) is 2.73. The number of ether oxygens (including phenoxy) is 2. The van der Waals surface area contributed by atoms with Crippen LogP contribution in [0.25, 0.3) is 0 Å². The fourth-order valence-electron chi connectivity index (χ4n) is 2.05. The summed E-state index contributed by atoms with van der Waals surface area (Å²) in [6, 6.07) is 2.25. The molecule has 0 unspecified atom stereocenters. The number of esters is 1. The molecule has 1 saturated heterocycles. The molecule has 17 heavy (non-hydrogen) atoms. The largest absolute Gasteiger partial charge is 0.469 e. The molecule has 1 rings (SSSR count). The summed E-state index contributed by atoms with van der Waals surface area (Å²) in [5, 5.41) is 9.05. The third-order valence-corrected chi connectivity index (χ3v) is 3.34. The average Bonchev–Trinajstić information content (AvgIpc) is 2.39. The lowest BCUT2D eigenvalue weighted by atomic mass is 9.92. The zero-order valence-corrected chi connectivity index (χ0v) is 10.6. The van der Waals surface area contributed by atoms with Crippen LogP contribution in [0.2, 0.25) is 0 Å². The first kappa shape index (κ1) is 13.9. The van der Waals surface area contributed by atoms with E-state index in [0.717, 1.165) is 38.9 Å². The van der Waals surface area contributed by atoms with Gasteiger partial charge < -0.3 is 14.4 Å². The summed E-state index contributed by atoms with van der Waals surface area (Å²) in [5.74, 6) is -0.162. The van der Waals surface area contributed by atoms with Gasteiger partial charge in [-0.3, -0.25) is 4.79 Å². The number of hydrogen-bond acceptors (Lipinski definition) is 5. The number of nitriles is 1. The maximum Gasteiger partial charge on any atom is 0.305 e. The summed E-state index contributed by atoms with van der Waals surface area (Å²) in [7, 11) is 3.00. The highest BCUT2D eigenvalue weighted by molar-refractivity contribution is 5.69. The topological polar surface area (TPSA) is 62.6 Å². The van der Waals surface area contributed by atoms with E-state index in [1.807, 2.05) is 0 Å². The quantitative estimate of drug-likeness (QED) is 0.669. The van der Waals surface area contributed by atoms with E-state index in [9.17, 15) is 4.79 Å². The van der Waals surface area contributed by atoms with Gasteiger partial charge in [0.15, 0.2) is 5.60 Å². The minimum atomic E-state index is -0.598. The number of piperidine rings is 1. The number of rotatable bonds is 5. The van der Waals surface area contributed by atoms with Crippen molar-refractivity contribution in [2.24, 2.45) is 0 Å². The average molecular weight is 240 g/mol. The van der Waals surface area contributed by atoms with Gasteiger partial charge in [0.1, 0.15) is 0 Å². The molecule has 1 aliphatic rings. The Morgan fingerprint density at radius 2 is 2.06 bits per heavy atom. The lowest BCUT2D eigenvalue weighted by molar-refractivity contribution is -0.140. The molecule has 0 aromatic heterocycles. The molecule has 1 heterocycles. The van der Waals surface area contributed by atoms with Crippen LogP contribution >= 0.6 is 0 Å². The standard InChI is InChI=1S/C12H20N2O3/c1-16-11(15)4-3-7-14-8-5-12(10-13,17-2)6-9-14/h3-9H2,1-2H3. The lowest BCUT2D eigenvalue weighted by Gasteiger charge is -2.36. The molecule has 0 amide bonds. The predicted molar refractivity (Wildman–Crippen MR) is 62.3 cm³/mol. The molecule has 0 aliphatic carbocycles. The van der Waals surface area contributed by atoms with Gasteiger partial charge in [-0.1, -0.05) is 0 Å². The molecule has 0 aromatic rings. The van der Waals surface area contributed by atoms with Crippen LogP contribution < -0.4 is 0 Å². The molecule has 96 valence electrons. The van der Waals surface area contributed by atoms with Crippen molar-refractivity contribution in [3.8, 4) is 6.07 Å². The monoisotopic (exact) mass is 240 g/mol. The molecule has 0 spiro atoms. The van der Waals surface area contributed by atoms with Crippen molar-refractivity contribution in [2.75, 3.05) is 33.9 Å². The van der Waals surface area contributed by atoms with Crippen LogP contribution in [0.1, 0.15) is 25.7 Å². The second-order valence-corrected chi connectivity index (χ2v) is 4.33. The fourth-order valence-corrected chi connectivity index (χ4v) is 2.05. The van der Waals surface area contributed by atoms with Crippen LogP contribution in [0.4, 0.5) is 0 Å². The van der Waals surface area contributed by atoms with Gasteiger partial charge in [-0.05, 0) is 13.0 Å². The van der Waals surface area contributed by atoms with Gasteiger partial charge in [-0.2, -0.15) is 5.26 Å². The minimum absolute atomic E-state index is 0.162. The maximum atomic E-state index is 10.9. The van der Waals surface area contributed by atoms with Crippen LogP contribution in [0.5, 0.6) is 0 Å². The first-order valence-corrected chi connectivity index (χ1v) is 5.91. The van der Waals surface area contributed by atoms with Gasteiger partial charge in [0.05, 0.1) is 13.2 Å². The number of methoxy groups -OCH3 is 2. The number of hydrogen-bond donors (Lipinski definition) is 0. The molecule has 0 aromatic carbocycles. The molecule has 1 aliphatic heterocycles. The summed E-state index contributed by atoms with van der Waals surface area (Å²) < 4.78 is 9.86. The lowest BCUT2D eigenvalue weighted by Crippen LogP contribution is -2.45. The third-order valence-electron chi connectivity index (χ3n) is 3.34. The highest BCUT2D eigenvalue weighted by atomic mass is 16.5. The van der Waals surface area contributed by atoms with Gasteiger partial charge >= 0.3 is 5.97 Å². The van der Waals surface area contributed by atoms with E-state index in [0.29, 0.717) is 6.42 Å². The predicted octanol–water partition coefficient (Wildman–Crippen LogP) is 0.944. The number of nitrogens with zero attached hydrogens (tertiary/aromatic N) is 2. The second kappa shape index (κ2) is 6.58. The van der Waals surface area contributed by atoms with Crippen LogP contribution in [0.3, 0.4) is 0 Å². The van der Waals surface area contributed by atoms with E-state index in [-0.39, 0.29) is 5.97 Å². The fraction of sp³-hybridized carbons (Fsp3) is 0.833. The molecular weight excluding hydrogens is 220 g/mol. The summed E-state index contributed by atoms with van der Waals surface area (Å²) >= 11 is 0. The molecule has 0 bridgehead atoms. The van der Waals surface area contributed by atoms with Crippen LogP contribution in [0.15, 0.2) is 0 Å². The molecule has 0 N–H and O–H groups in total. The molecule has 0 radical (unpaired) electrons. The van der Waals surface area contributed by atoms with E-state index >= 15 is 0 Å². The first-order chi connectivity index (χ1) is 8.15. The van der Waals surface area contributed by atoms with Crippen LogP contribution in [-0.2, 0) is 14.3 Å². The Morgan fingerprint density at radius 1 is 1.41 bits per heavy atom. The zero-order valence-electron chi connectivity index (χ0n) is 10.6. The molecule has 5 nitrogen and oxygen atoms in total. The Balaban J connectivity index is 2.24. The van der Waals surface area contributed by atoms with E-state index in [1.165, 1.54) is 7.11 Å². The first-order valence-electron chi connectivity index (χ1n) is 5.91. The van der Waals surface area contributed by atoms with Crippen molar-refractivity contribution in [3.05, 3.63) is 0 Å². The van der Waals surface area contributed by atoms with E-state index in [4.69, 9.17) is 10.00 Å². The zero-order chi connectivity index (χ0) is 12.7. The van der Waals surface area contributed by atoms with Crippen molar-refractivity contribution in [1.29, 1.82) is 5.26 Å². The molecule has 5 heteroatoms. The van der Waals surface area contributed by atoms with Gasteiger partial charge in [-0.15, -0.1) is 0 Å². The number of carbonyl (C=O) groups is 1. The summed E-state index contributed by atoms with van der Waals surface area (Å²) in [4.78, 5) is 13.2. The van der Waals surface area contributed by atoms with Gasteiger partial charge in [0, 0.05) is 39.5 Å². The van der Waals surface area contributed by atoms with E-state index in [1.54, 1.807) is 7.11 Å². The SMILES string of the molecule is COC(=O)CCCN1CCC(C#N)(OC)CC1. The van der Waals surface area contributed by atoms with E-state index in [2.05, 4.69) is 15.7 Å². The Hall–Kier alpha value is -1.12. The third kappa shape index (κ3) is 3.99. The Bertz CT molecular complexity index is 291. The molecular formula is C12H20N2O3. The molecule has 0 saturated carbocycles. The van der Waals surface area contributed by atoms with Crippen molar-refractivity contribution in [2.45, 2.75) is 31.3 Å². The second-order valence-electron chi connectivity index (χ2n) is 4.33. The summed E-state index contributed by atoms with van der Waals surface area (Å²) in [6.45, 7) is 2.57. The van der Waals surface area contributed by atoms with E-state index < -0.39 is 5.60 Å². The van der Waals surface area contributed by atoms with Crippen LogP contribution in [0, 0.1) is 11.3 Å². The smallest absolute Gasteiger partial charge is 0.305 e. The summed E-state index contributed by atoms with van der Waals surface area (Å²) in [5.41, 5.74) is -0.598. The van der Waals surface area contributed by atoms with Crippen molar-refractivity contribution in [1.82, 2.24) is 4.90 Å². The van der Waals surface area contributed by atoms with Crippen molar-refractivity contribution >= 4 is 5.97 Å². The van der Waals surface area contributed by atoms with Crippen molar-refractivity contribution < 1.29 is 14.3 Å². The number of carbonyl (C=O) groups excluding carboxylic acids is 1. The highest BCUT2D eigenvalue weighted by Gasteiger charge is 2.34.